The fraction of sp³-hybridized carbons (Fsp3) is 0.364. The molecular weight excluding hydrogens is 534 g/mol. The Morgan fingerprint density at radius 3 is 2.61 bits per heavy atom. The third-order valence-electron chi connectivity index (χ3n) is 3.97. The quantitative estimate of drug-likeness (QED) is 0.299. The second-order valence-electron chi connectivity index (χ2n) is 7.26. The van der Waals surface area contributed by atoms with Crippen molar-refractivity contribution in [3.05, 3.63) is 66.2 Å². The van der Waals surface area contributed by atoms with Crippen LogP contribution >= 0.6 is 0 Å². The van der Waals surface area contributed by atoms with Gasteiger partial charge in [0.1, 0.15) is 6.61 Å². The van der Waals surface area contributed by atoms with Gasteiger partial charge in [-0.15, -0.1) is 35.9 Å². The van der Waals surface area contributed by atoms with Gasteiger partial charge in [0.15, 0.2) is 5.78 Å². The van der Waals surface area contributed by atoms with Crippen LogP contribution in [0.25, 0.3) is 11.3 Å². The van der Waals surface area contributed by atoms with Crippen LogP contribution in [0.3, 0.4) is 0 Å². The number of aliphatic hydroxyl groups excluding tert-OH is 1. The summed E-state index contributed by atoms with van der Waals surface area (Å²) in [6.07, 6.45) is 1.31. The molecule has 2 aromatic rings. The average Bonchev–Trinajstić information content (AvgIpc) is 2.65. The first-order valence-corrected chi connectivity index (χ1v) is 8.83. The number of aromatic nitrogens is 1. The standard InChI is InChI=1S/C22H26NO4.Ir/c1-22(2,3)20(24)14-21(25)27-15-18(26-4)13-17-11-8-12-19(23-17)16-9-6-5-7-10-16;/h5-9,11-12,14,18,25H,13,15H2,1-4H3;/q-1;. The van der Waals surface area contributed by atoms with Gasteiger partial charge >= 0.3 is 0 Å². The van der Waals surface area contributed by atoms with Gasteiger partial charge in [0.25, 0.3) is 5.95 Å². The Labute approximate surface area is 180 Å². The molecule has 5 nitrogen and oxygen atoms in total. The molecule has 1 aromatic carbocycles. The van der Waals surface area contributed by atoms with E-state index >= 15 is 0 Å². The van der Waals surface area contributed by atoms with Gasteiger partial charge in [-0.1, -0.05) is 32.9 Å². The second-order valence-corrected chi connectivity index (χ2v) is 7.26. The van der Waals surface area contributed by atoms with E-state index in [1.807, 2.05) is 42.5 Å². The van der Waals surface area contributed by atoms with Crippen LogP contribution in [-0.4, -0.2) is 35.7 Å². The fourth-order valence-corrected chi connectivity index (χ4v) is 2.29. The summed E-state index contributed by atoms with van der Waals surface area (Å²) in [5.74, 6) is -0.611. The number of hydrogen-bond donors (Lipinski definition) is 1. The minimum absolute atomic E-state index is 0. The summed E-state index contributed by atoms with van der Waals surface area (Å²) in [6.45, 7) is 5.44. The monoisotopic (exact) mass is 561 g/mol. The van der Waals surface area contributed by atoms with E-state index in [4.69, 9.17) is 9.47 Å². The van der Waals surface area contributed by atoms with Crippen LogP contribution in [0.2, 0.25) is 0 Å². The van der Waals surface area contributed by atoms with Gasteiger partial charge in [-0.3, -0.25) is 4.79 Å². The molecule has 1 unspecified atom stereocenters. The summed E-state index contributed by atoms with van der Waals surface area (Å²) < 4.78 is 10.7. The summed E-state index contributed by atoms with van der Waals surface area (Å²) in [4.78, 5) is 16.5. The van der Waals surface area contributed by atoms with Crippen LogP contribution in [0, 0.1) is 11.5 Å². The SMILES string of the molecule is COC(COC(O)=CC(=O)C(C)(C)C)Cc1cccc(-c2[c-]cccc2)n1.[Ir]. The third-order valence-corrected chi connectivity index (χ3v) is 3.97. The molecule has 6 heteroatoms. The van der Waals surface area contributed by atoms with Crippen LogP contribution in [-0.2, 0) is 40.8 Å². The molecular formula is C22H26IrNO4-. The molecule has 0 fully saturated rings. The molecule has 0 spiro atoms. The van der Waals surface area contributed by atoms with Crippen LogP contribution < -0.4 is 0 Å². The van der Waals surface area contributed by atoms with Gasteiger partial charge in [0, 0.05) is 44.7 Å². The summed E-state index contributed by atoms with van der Waals surface area (Å²) >= 11 is 0. The second kappa shape index (κ2) is 11.1. The molecule has 0 bridgehead atoms. The summed E-state index contributed by atoms with van der Waals surface area (Å²) in [6, 6.07) is 16.6. The van der Waals surface area contributed by atoms with Gasteiger partial charge in [-0.25, -0.2) is 0 Å². The number of carbonyl (C=O) groups excluding carboxylic acids is 1. The Bertz CT molecular complexity index is 785. The van der Waals surface area contributed by atoms with Gasteiger partial charge in [0.05, 0.1) is 12.2 Å². The predicted octanol–water partition coefficient (Wildman–Crippen LogP) is 4.13. The van der Waals surface area contributed by atoms with Gasteiger partial charge in [-0.2, -0.15) is 0 Å². The number of rotatable bonds is 8. The Balaban J connectivity index is 0.00000392. The van der Waals surface area contributed by atoms with E-state index in [9.17, 15) is 9.90 Å². The molecule has 0 aliphatic rings. The number of pyridine rings is 1. The molecule has 1 N–H and O–H groups in total. The summed E-state index contributed by atoms with van der Waals surface area (Å²) in [7, 11) is 1.57. The summed E-state index contributed by atoms with van der Waals surface area (Å²) in [5.41, 5.74) is 2.03. The van der Waals surface area contributed by atoms with E-state index in [1.54, 1.807) is 27.9 Å². The van der Waals surface area contributed by atoms with Gasteiger partial charge in [0.2, 0.25) is 0 Å². The zero-order valence-electron chi connectivity index (χ0n) is 16.6. The Hall–Kier alpha value is -2.01. The van der Waals surface area contributed by atoms with Crippen molar-refractivity contribution in [3.63, 3.8) is 0 Å². The minimum Gasteiger partial charge on any atom is -0.481 e. The summed E-state index contributed by atoms with van der Waals surface area (Å²) in [5, 5.41) is 9.83. The van der Waals surface area contributed by atoms with E-state index < -0.39 is 11.4 Å². The zero-order chi connectivity index (χ0) is 19.9. The molecule has 1 aromatic heterocycles. The first kappa shape index (κ1) is 24.0. The van der Waals surface area contributed by atoms with Crippen LogP contribution in [0.5, 0.6) is 0 Å². The molecule has 153 valence electrons. The number of hydrogen-bond acceptors (Lipinski definition) is 5. The van der Waals surface area contributed by atoms with E-state index in [2.05, 4.69) is 11.1 Å². The first-order valence-electron chi connectivity index (χ1n) is 8.83. The van der Waals surface area contributed by atoms with Crippen molar-refractivity contribution in [1.82, 2.24) is 4.98 Å². The van der Waals surface area contributed by atoms with Crippen molar-refractivity contribution in [2.24, 2.45) is 5.41 Å². The van der Waals surface area contributed by atoms with E-state index in [0.29, 0.717) is 6.42 Å². The molecule has 0 saturated heterocycles. The van der Waals surface area contributed by atoms with E-state index in [0.717, 1.165) is 23.0 Å². The fourth-order valence-electron chi connectivity index (χ4n) is 2.29. The normalized spacial score (nSPS) is 12.8. The van der Waals surface area contributed by atoms with Crippen LogP contribution in [0.4, 0.5) is 0 Å². The molecule has 1 heterocycles. The first-order chi connectivity index (χ1) is 12.8. The number of ketones is 1. The third kappa shape index (κ3) is 7.55. The van der Waals surface area contributed by atoms with Gasteiger partial charge in [-0.05, 0) is 11.8 Å². The predicted molar refractivity (Wildman–Crippen MR) is 104 cm³/mol. The number of allylic oxidation sites excluding steroid dienone is 1. The van der Waals surface area contributed by atoms with Crippen molar-refractivity contribution in [3.8, 4) is 11.3 Å². The van der Waals surface area contributed by atoms with Crippen LogP contribution in [0.15, 0.2) is 54.5 Å². The Kier molecular flexibility index (Phi) is 9.53. The smallest absolute Gasteiger partial charge is 0.280 e. The number of aliphatic hydroxyl groups is 1. The molecule has 2 rings (SSSR count). The Morgan fingerprint density at radius 1 is 1.25 bits per heavy atom. The van der Waals surface area contributed by atoms with Crippen molar-refractivity contribution < 1.29 is 39.5 Å². The Morgan fingerprint density at radius 2 is 2.00 bits per heavy atom. The molecule has 0 saturated carbocycles. The number of ether oxygens (including phenoxy) is 2. The number of nitrogens with zero attached hydrogens (tertiary/aromatic N) is 1. The van der Waals surface area contributed by atoms with Gasteiger partial charge < -0.3 is 19.6 Å². The molecule has 28 heavy (non-hydrogen) atoms. The largest absolute Gasteiger partial charge is 0.481 e. The van der Waals surface area contributed by atoms with Crippen molar-refractivity contribution in [2.45, 2.75) is 33.3 Å². The van der Waals surface area contributed by atoms with Crippen LogP contribution in [0.1, 0.15) is 26.5 Å². The maximum Gasteiger partial charge on any atom is 0.280 e. The number of methoxy groups -OCH3 is 1. The molecule has 0 aliphatic carbocycles. The zero-order valence-corrected chi connectivity index (χ0v) is 19.0. The van der Waals surface area contributed by atoms with Crippen molar-refractivity contribution in [2.75, 3.05) is 13.7 Å². The van der Waals surface area contributed by atoms with E-state index in [1.165, 1.54) is 0 Å². The molecule has 0 aliphatic heterocycles. The number of benzene rings is 1. The average molecular weight is 561 g/mol. The van der Waals surface area contributed by atoms with Crippen molar-refractivity contribution >= 4 is 5.78 Å². The maximum atomic E-state index is 11.9. The minimum atomic E-state index is -0.573. The molecule has 1 radical (unpaired) electrons. The van der Waals surface area contributed by atoms with E-state index in [-0.39, 0.29) is 38.6 Å². The number of carbonyl (C=O) groups is 1. The maximum absolute atomic E-state index is 11.9. The molecule has 1 atom stereocenters. The molecule has 0 amide bonds. The topological polar surface area (TPSA) is 68.7 Å². The van der Waals surface area contributed by atoms with Crippen molar-refractivity contribution in [1.29, 1.82) is 0 Å².